The van der Waals surface area contributed by atoms with Crippen molar-refractivity contribution >= 4 is 29.7 Å². The van der Waals surface area contributed by atoms with Crippen molar-refractivity contribution in [1.82, 2.24) is 4.90 Å². The zero-order valence-corrected chi connectivity index (χ0v) is 9.01. The lowest BCUT2D eigenvalue weighted by atomic mass is 10.3. The first-order chi connectivity index (χ1) is 5.11. The second-order valence-electron chi connectivity index (χ2n) is 2.39. The second-order valence-corrected chi connectivity index (χ2v) is 3.32. The van der Waals surface area contributed by atoms with Gasteiger partial charge in [-0.05, 0) is 26.8 Å². The highest BCUT2D eigenvalue weighted by Gasteiger charge is 1.98. The van der Waals surface area contributed by atoms with Gasteiger partial charge < -0.3 is 4.90 Å². The van der Waals surface area contributed by atoms with Gasteiger partial charge in [0.1, 0.15) is 0 Å². The molecule has 0 amide bonds. The summed E-state index contributed by atoms with van der Waals surface area (Å²) in [5.41, 5.74) is 1.19. The van der Waals surface area contributed by atoms with Crippen molar-refractivity contribution in [2.75, 3.05) is 12.4 Å². The molecule has 0 spiro atoms. The molecular weight excluding hydrogens is 174 g/mol. The van der Waals surface area contributed by atoms with Crippen molar-refractivity contribution in [3.63, 3.8) is 0 Å². The third-order valence-corrected chi connectivity index (χ3v) is 1.92. The predicted octanol–water partition coefficient (Wildman–Crippen LogP) is 2.49. The van der Waals surface area contributed by atoms with E-state index < -0.39 is 0 Å². The molecule has 0 aromatic carbocycles. The van der Waals surface area contributed by atoms with Crippen LogP contribution in [0.4, 0.5) is 0 Å². The summed E-state index contributed by atoms with van der Waals surface area (Å²) in [6.07, 6.45) is 2.00. The zero-order valence-electron chi connectivity index (χ0n) is 7.29. The summed E-state index contributed by atoms with van der Waals surface area (Å²) in [6, 6.07) is 0. The lowest BCUT2D eigenvalue weighted by Crippen LogP contribution is -2.19. The smallest absolute Gasteiger partial charge is 0.0606 e. The molecule has 0 aromatic rings. The van der Waals surface area contributed by atoms with Gasteiger partial charge in [-0.3, -0.25) is 0 Å². The van der Waals surface area contributed by atoms with E-state index in [0.29, 0.717) is 0 Å². The van der Waals surface area contributed by atoms with Crippen LogP contribution in [0.1, 0.15) is 20.8 Å². The highest BCUT2D eigenvalue weighted by Crippen LogP contribution is 2.03. The van der Waals surface area contributed by atoms with Gasteiger partial charge in [0.15, 0.2) is 0 Å². The summed E-state index contributed by atoms with van der Waals surface area (Å²) in [5, 5.41) is 0. The Hall–Kier alpha value is -0.0200. The average Bonchev–Trinajstić information content (AvgIpc) is 1.88. The molecule has 0 N–H and O–H groups in total. The Morgan fingerprint density at radius 1 is 1.55 bits per heavy atom. The molecule has 0 radical (unpaired) electrons. The summed E-state index contributed by atoms with van der Waals surface area (Å²) in [4.78, 5) is 3.07. The van der Waals surface area contributed by atoms with Gasteiger partial charge in [-0.25, -0.2) is 0 Å². The van der Waals surface area contributed by atoms with E-state index >= 15 is 0 Å². The Morgan fingerprint density at radius 3 is 2.36 bits per heavy atom. The minimum atomic E-state index is 0.751. The molecule has 0 saturated carbocycles. The maximum atomic E-state index is 4.96. The maximum Gasteiger partial charge on any atom is 0.0606 e. The van der Waals surface area contributed by atoms with Gasteiger partial charge in [0, 0.05) is 17.1 Å². The average molecular weight is 189 g/mol. The van der Waals surface area contributed by atoms with Crippen molar-refractivity contribution < 1.29 is 0 Å². The van der Waals surface area contributed by atoms with Gasteiger partial charge in [-0.2, -0.15) is 12.6 Å². The van der Waals surface area contributed by atoms with Crippen LogP contribution in [-0.4, -0.2) is 22.2 Å². The van der Waals surface area contributed by atoms with E-state index in [1.165, 1.54) is 5.70 Å². The Morgan fingerprint density at radius 2 is 2.09 bits per heavy atom. The first kappa shape index (κ1) is 11.0. The zero-order chi connectivity index (χ0) is 8.85. The van der Waals surface area contributed by atoms with Gasteiger partial charge in [0.25, 0.3) is 0 Å². The maximum absolute atomic E-state index is 4.96. The first-order valence-corrected chi connectivity index (χ1v) is 4.70. The number of hydrogen-bond acceptors (Lipinski definition) is 3. The Balaban J connectivity index is 4.18. The van der Waals surface area contributed by atoms with E-state index in [1.807, 2.05) is 13.0 Å². The molecule has 0 aliphatic rings. The lowest BCUT2D eigenvalue weighted by molar-refractivity contribution is 0.428. The van der Waals surface area contributed by atoms with E-state index in [0.717, 1.165) is 17.3 Å². The van der Waals surface area contributed by atoms with E-state index in [-0.39, 0.29) is 0 Å². The highest BCUT2D eigenvalue weighted by molar-refractivity contribution is 7.80. The van der Waals surface area contributed by atoms with Crippen LogP contribution in [0.15, 0.2) is 11.8 Å². The van der Waals surface area contributed by atoms with Gasteiger partial charge >= 0.3 is 0 Å². The number of thiocarbonyl (C=S) groups is 1. The SMILES string of the molecule is CCN(CS)/C(C)=C\C(C)=S. The molecule has 0 unspecified atom stereocenters. The van der Waals surface area contributed by atoms with Crippen LogP contribution in [0.25, 0.3) is 0 Å². The molecular formula is C8H15NS2. The minimum Gasteiger partial charge on any atom is -0.366 e. The minimum absolute atomic E-state index is 0.751. The number of allylic oxidation sites excluding steroid dienone is 2. The van der Waals surface area contributed by atoms with Crippen LogP contribution in [0.2, 0.25) is 0 Å². The normalized spacial score (nSPS) is 11.5. The molecule has 0 atom stereocenters. The summed E-state index contributed by atoms with van der Waals surface area (Å²) < 4.78 is 0. The lowest BCUT2D eigenvalue weighted by Gasteiger charge is -2.20. The molecule has 3 heteroatoms. The van der Waals surface area contributed by atoms with Crippen LogP contribution in [-0.2, 0) is 0 Å². The fourth-order valence-electron chi connectivity index (χ4n) is 0.846. The van der Waals surface area contributed by atoms with E-state index in [2.05, 4.69) is 31.4 Å². The van der Waals surface area contributed by atoms with Gasteiger partial charge in [-0.1, -0.05) is 12.2 Å². The van der Waals surface area contributed by atoms with Gasteiger partial charge in [0.05, 0.1) is 5.88 Å². The molecule has 0 saturated heterocycles. The highest BCUT2D eigenvalue weighted by atomic mass is 32.1. The Labute approximate surface area is 79.9 Å². The van der Waals surface area contributed by atoms with Crippen molar-refractivity contribution in [3.05, 3.63) is 11.8 Å². The number of nitrogens with zero attached hydrogens (tertiary/aromatic N) is 1. The first-order valence-electron chi connectivity index (χ1n) is 3.66. The summed E-state index contributed by atoms with van der Waals surface area (Å²) in [6.45, 7) is 7.06. The number of thiol groups is 1. The third kappa shape index (κ3) is 4.43. The molecule has 0 aliphatic heterocycles. The van der Waals surface area contributed by atoms with Crippen molar-refractivity contribution in [1.29, 1.82) is 0 Å². The molecule has 0 bridgehead atoms. The van der Waals surface area contributed by atoms with Crippen LogP contribution >= 0.6 is 24.8 Å². The van der Waals surface area contributed by atoms with Crippen molar-refractivity contribution in [2.45, 2.75) is 20.8 Å². The molecule has 64 valence electrons. The molecule has 0 aromatic heterocycles. The van der Waals surface area contributed by atoms with Gasteiger partial charge in [-0.15, -0.1) is 0 Å². The van der Waals surface area contributed by atoms with Crippen LogP contribution < -0.4 is 0 Å². The fraction of sp³-hybridized carbons (Fsp3) is 0.625. The molecule has 11 heavy (non-hydrogen) atoms. The Bertz CT molecular complexity index is 159. The standard InChI is InChI=1S/C8H15NS2/c1-4-9(6-10)7(2)5-8(3)11/h5,10H,4,6H2,1-3H3/b7-5-. The molecule has 1 nitrogen and oxygen atoms in total. The summed E-state index contributed by atoms with van der Waals surface area (Å²) in [5.74, 6) is 0.751. The van der Waals surface area contributed by atoms with Crippen molar-refractivity contribution in [3.8, 4) is 0 Å². The predicted molar refractivity (Wildman–Crippen MR) is 58.3 cm³/mol. The van der Waals surface area contributed by atoms with Crippen molar-refractivity contribution in [2.24, 2.45) is 0 Å². The van der Waals surface area contributed by atoms with E-state index in [4.69, 9.17) is 12.2 Å². The topological polar surface area (TPSA) is 3.24 Å². The van der Waals surface area contributed by atoms with E-state index in [9.17, 15) is 0 Å². The molecule has 0 heterocycles. The number of rotatable bonds is 4. The van der Waals surface area contributed by atoms with Crippen LogP contribution in [0.5, 0.6) is 0 Å². The van der Waals surface area contributed by atoms with Crippen LogP contribution in [0, 0.1) is 0 Å². The summed E-state index contributed by atoms with van der Waals surface area (Å²) in [7, 11) is 0. The van der Waals surface area contributed by atoms with Gasteiger partial charge in [0.2, 0.25) is 0 Å². The second kappa shape index (κ2) is 5.61. The quantitative estimate of drug-likeness (QED) is 0.313. The molecule has 0 rings (SSSR count). The van der Waals surface area contributed by atoms with Crippen LogP contribution in [0.3, 0.4) is 0 Å². The monoisotopic (exact) mass is 189 g/mol. The third-order valence-electron chi connectivity index (χ3n) is 1.46. The van der Waals surface area contributed by atoms with E-state index in [1.54, 1.807) is 0 Å². The summed E-state index contributed by atoms with van der Waals surface area (Å²) >= 11 is 9.16. The molecule has 0 aliphatic carbocycles. The largest absolute Gasteiger partial charge is 0.366 e. The Kier molecular flexibility index (Phi) is 5.60. The number of hydrogen-bond donors (Lipinski definition) is 1. The molecule has 0 fully saturated rings. The fourth-order valence-corrected chi connectivity index (χ4v) is 1.44.